The van der Waals surface area contributed by atoms with Gasteiger partial charge in [0.15, 0.2) is 6.61 Å². The summed E-state index contributed by atoms with van der Waals surface area (Å²) in [6.45, 7) is 7.03. The number of hydrogen-bond donors (Lipinski definition) is 1. The highest BCUT2D eigenvalue weighted by Gasteiger charge is 2.35. The number of amides is 2. The van der Waals surface area contributed by atoms with Crippen molar-refractivity contribution in [3.8, 4) is 0 Å². The first-order valence-electron chi connectivity index (χ1n) is 10.3. The highest BCUT2D eigenvalue weighted by Crippen LogP contribution is 2.34. The second kappa shape index (κ2) is 8.69. The normalized spacial score (nSPS) is 16.8. The number of rotatable bonds is 6. The van der Waals surface area contributed by atoms with Crippen LogP contribution in [0.25, 0.3) is 0 Å². The lowest BCUT2D eigenvalue weighted by Gasteiger charge is -2.27. The van der Waals surface area contributed by atoms with Crippen LogP contribution in [-0.2, 0) is 14.3 Å². The van der Waals surface area contributed by atoms with E-state index in [9.17, 15) is 14.4 Å². The molecule has 0 unspecified atom stereocenters. The summed E-state index contributed by atoms with van der Waals surface area (Å²) in [5.41, 5.74) is 1.29. The number of aryl methyl sites for hydroxylation is 1. The largest absolute Gasteiger partial charge is 0.451 e. The van der Waals surface area contributed by atoms with Crippen molar-refractivity contribution >= 4 is 34.1 Å². The molecule has 2 aliphatic carbocycles. The Balaban J connectivity index is 1.61. The third-order valence-electron chi connectivity index (χ3n) is 5.10. The van der Waals surface area contributed by atoms with Crippen LogP contribution < -0.4 is 5.32 Å². The summed E-state index contributed by atoms with van der Waals surface area (Å²) in [7, 11) is 0. The molecule has 2 aliphatic rings. The van der Waals surface area contributed by atoms with Crippen LogP contribution in [-0.4, -0.2) is 35.3 Å². The summed E-state index contributed by atoms with van der Waals surface area (Å²) < 4.78 is 5.35. The molecule has 1 N–H and O–H groups in total. The van der Waals surface area contributed by atoms with Crippen molar-refractivity contribution in [3.63, 3.8) is 0 Å². The lowest BCUT2D eigenvalue weighted by atomic mass is 9.96. The minimum atomic E-state index is -0.523. The maximum Gasteiger partial charge on any atom is 0.349 e. The molecule has 0 saturated heterocycles. The molecule has 0 atom stereocenters. The minimum absolute atomic E-state index is 0.116. The Labute approximate surface area is 176 Å². The highest BCUT2D eigenvalue weighted by molar-refractivity contribution is 7.18. The SMILES string of the molecule is Cc1cc(NC(=O)C(C)(C)C)sc1C(=O)OCC(=O)N(C1=CCCCC1)C1CC1. The molecule has 6 nitrogen and oxygen atoms in total. The van der Waals surface area contributed by atoms with Crippen LogP contribution in [0.1, 0.15) is 74.5 Å². The molecule has 3 rings (SSSR count). The zero-order valence-corrected chi connectivity index (χ0v) is 18.5. The number of carbonyl (C=O) groups is 3. The lowest BCUT2D eigenvalue weighted by Crippen LogP contribution is -2.36. The minimum Gasteiger partial charge on any atom is -0.451 e. The van der Waals surface area contributed by atoms with Gasteiger partial charge in [0.25, 0.3) is 5.91 Å². The van der Waals surface area contributed by atoms with Crippen LogP contribution in [0, 0.1) is 12.3 Å². The summed E-state index contributed by atoms with van der Waals surface area (Å²) in [5, 5.41) is 3.44. The van der Waals surface area contributed by atoms with Gasteiger partial charge in [-0.1, -0.05) is 26.8 Å². The van der Waals surface area contributed by atoms with Crippen LogP contribution in [0.4, 0.5) is 5.00 Å². The molecule has 1 fully saturated rings. The van der Waals surface area contributed by atoms with Gasteiger partial charge in [0.05, 0.1) is 5.00 Å². The van der Waals surface area contributed by atoms with Gasteiger partial charge >= 0.3 is 5.97 Å². The average Bonchev–Trinajstić information content (AvgIpc) is 3.42. The summed E-state index contributed by atoms with van der Waals surface area (Å²) in [4.78, 5) is 39.7. The van der Waals surface area contributed by atoms with E-state index < -0.39 is 11.4 Å². The lowest BCUT2D eigenvalue weighted by molar-refractivity contribution is -0.133. The van der Waals surface area contributed by atoms with Gasteiger partial charge in [0.2, 0.25) is 5.91 Å². The second-order valence-corrected chi connectivity index (χ2v) is 9.89. The molecule has 0 aromatic carbocycles. The highest BCUT2D eigenvalue weighted by atomic mass is 32.1. The van der Waals surface area contributed by atoms with Gasteiger partial charge in [0.1, 0.15) is 4.88 Å². The van der Waals surface area contributed by atoms with E-state index >= 15 is 0 Å². The van der Waals surface area contributed by atoms with E-state index in [0.717, 1.165) is 49.8 Å². The first-order chi connectivity index (χ1) is 13.7. The van der Waals surface area contributed by atoms with Gasteiger partial charge in [-0.05, 0) is 57.1 Å². The number of ether oxygens (including phenoxy) is 1. The molecule has 1 aromatic rings. The number of thiophene rings is 1. The Morgan fingerprint density at radius 1 is 1.24 bits per heavy atom. The van der Waals surface area contributed by atoms with E-state index in [1.54, 1.807) is 13.0 Å². The Bertz CT molecular complexity index is 830. The Morgan fingerprint density at radius 2 is 1.97 bits per heavy atom. The van der Waals surface area contributed by atoms with Crippen LogP contribution in [0.3, 0.4) is 0 Å². The fourth-order valence-electron chi connectivity index (χ4n) is 3.28. The number of carbonyl (C=O) groups excluding carboxylic acids is 3. The van der Waals surface area contributed by atoms with Crippen molar-refractivity contribution in [2.24, 2.45) is 5.41 Å². The number of esters is 1. The number of allylic oxidation sites excluding steroid dienone is 2. The molecular weight excluding hydrogens is 388 g/mol. The summed E-state index contributed by atoms with van der Waals surface area (Å²) in [6.07, 6.45) is 8.35. The van der Waals surface area contributed by atoms with Crippen molar-refractivity contribution < 1.29 is 19.1 Å². The van der Waals surface area contributed by atoms with Crippen LogP contribution in [0.5, 0.6) is 0 Å². The number of nitrogens with zero attached hydrogens (tertiary/aromatic N) is 1. The van der Waals surface area contributed by atoms with Gasteiger partial charge in [0, 0.05) is 17.2 Å². The molecule has 0 aliphatic heterocycles. The van der Waals surface area contributed by atoms with Crippen LogP contribution in [0.15, 0.2) is 17.8 Å². The van der Waals surface area contributed by atoms with Gasteiger partial charge in [-0.2, -0.15) is 0 Å². The zero-order valence-electron chi connectivity index (χ0n) is 17.7. The molecule has 0 bridgehead atoms. The smallest absolute Gasteiger partial charge is 0.349 e. The molecule has 0 spiro atoms. The first kappa shape index (κ1) is 21.6. The standard InChI is InChI=1S/C22H30N2O4S/c1-14-12-17(23-21(27)22(2,3)4)29-19(14)20(26)28-13-18(25)24(16-10-11-16)15-8-6-5-7-9-15/h8,12,16H,5-7,9-11,13H2,1-4H3,(H,23,27). The van der Waals surface area contributed by atoms with Crippen molar-refractivity contribution in [2.45, 2.75) is 72.3 Å². The Hall–Kier alpha value is -2.15. The molecule has 0 radical (unpaired) electrons. The van der Waals surface area contributed by atoms with Crippen molar-refractivity contribution in [3.05, 3.63) is 28.3 Å². The van der Waals surface area contributed by atoms with E-state index in [2.05, 4.69) is 11.4 Å². The number of hydrogen-bond acceptors (Lipinski definition) is 5. The zero-order chi connectivity index (χ0) is 21.2. The maximum atomic E-state index is 12.8. The van der Waals surface area contributed by atoms with E-state index in [0.29, 0.717) is 9.88 Å². The maximum absolute atomic E-state index is 12.8. The van der Waals surface area contributed by atoms with E-state index in [-0.39, 0.29) is 24.5 Å². The van der Waals surface area contributed by atoms with Gasteiger partial charge in [-0.3, -0.25) is 9.59 Å². The van der Waals surface area contributed by atoms with Gasteiger partial charge < -0.3 is 15.0 Å². The first-order valence-corrected chi connectivity index (χ1v) is 11.1. The monoisotopic (exact) mass is 418 g/mol. The molecular formula is C22H30N2O4S. The van der Waals surface area contributed by atoms with Crippen LogP contribution in [0.2, 0.25) is 0 Å². The summed E-state index contributed by atoms with van der Waals surface area (Å²) in [5.74, 6) is -0.787. The topological polar surface area (TPSA) is 75.7 Å². The molecule has 7 heteroatoms. The molecule has 1 saturated carbocycles. The van der Waals surface area contributed by atoms with Gasteiger partial charge in [-0.25, -0.2) is 4.79 Å². The van der Waals surface area contributed by atoms with Crippen molar-refractivity contribution in [2.75, 3.05) is 11.9 Å². The molecule has 158 valence electrons. The third kappa shape index (κ3) is 5.47. The predicted octanol–water partition coefficient (Wildman–Crippen LogP) is 4.65. The summed E-state index contributed by atoms with van der Waals surface area (Å²) >= 11 is 1.18. The van der Waals surface area contributed by atoms with E-state index in [4.69, 9.17) is 4.74 Å². The quantitative estimate of drug-likeness (QED) is 0.683. The third-order valence-corrected chi connectivity index (χ3v) is 6.24. The van der Waals surface area contributed by atoms with Crippen LogP contribution >= 0.6 is 11.3 Å². The fourth-order valence-corrected chi connectivity index (χ4v) is 4.24. The van der Waals surface area contributed by atoms with E-state index in [1.807, 2.05) is 25.7 Å². The van der Waals surface area contributed by atoms with Gasteiger partial charge in [-0.15, -0.1) is 11.3 Å². The van der Waals surface area contributed by atoms with E-state index in [1.165, 1.54) is 11.3 Å². The van der Waals surface area contributed by atoms with Crippen molar-refractivity contribution in [1.29, 1.82) is 0 Å². The summed E-state index contributed by atoms with van der Waals surface area (Å²) in [6, 6.07) is 2.02. The fraction of sp³-hybridized carbons (Fsp3) is 0.591. The average molecular weight is 419 g/mol. The molecule has 29 heavy (non-hydrogen) atoms. The molecule has 2 amide bonds. The Kier molecular flexibility index (Phi) is 6.46. The predicted molar refractivity (Wildman–Crippen MR) is 114 cm³/mol. The number of anilines is 1. The Morgan fingerprint density at radius 3 is 2.55 bits per heavy atom. The molecule has 1 aromatic heterocycles. The second-order valence-electron chi connectivity index (χ2n) is 8.84. The van der Waals surface area contributed by atoms with Crippen molar-refractivity contribution in [1.82, 2.24) is 4.90 Å². The molecule has 1 heterocycles. The number of nitrogens with one attached hydrogen (secondary N) is 1.